The van der Waals surface area contributed by atoms with Crippen molar-refractivity contribution in [1.29, 1.82) is 0 Å². The largest absolute Gasteiger partial charge is 0.322 e. The molecule has 0 radical (unpaired) electrons. The summed E-state index contributed by atoms with van der Waals surface area (Å²) in [5.74, 6) is -0.911. The highest BCUT2D eigenvalue weighted by molar-refractivity contribution is 6.04. The molecular weight excluding hydrogens is 255 g/mol. The monoisotopic (exact) mass is 270 g/mol. The Bertz CT molecular complexity index is 655. The summed E-state index contributed by atoms with van der Waals surface area (Å²) < 4.78 is 13.6. The average molecular weight is 270 g/mol. The molecule has 4 heteroatoms. The third kappa shape index (κ3) is 2.42. The molecule has 2 aromatic rings. The number of rotatable bonds is 2. The molecule has 20 heavy (non-hydrogen) atoms. The van der Waals surface area contributed by atoms with Crippen molar-refractivity contribution >= 4 is 11.6 Å². The van der Waals surface area contributed by atoms with Crippen LogP contribution in [-0.2, 0) is 13.0 Å². The quantitative estimate of drug-likeness (QED) is 0.881. The fourth-order valence-electron chi connectivity index (χ4n) is 2.48. The highest BCUT2D eigenvalue weighted by Gasteiger charge is 2.16. The molecule has 0 saturated heterocycles. The van der Waals surface area contributed by atoms with Crippen molar-refractivity contribution in [2.24, 2.45) is 0 Å². The summed E-state index contributed by atoms with van der Waals surface area (Å²) in [6.45, 7) is 1.69. The first-order valence-electron chi connectivity index (χ1n) is 6.63. The fraction of sp³-hybridized carbons (Fsp3) is 0.188. The van der Waals surface area contributed by atoms with Gasteiger partial charge in [-0.2, -0.15) is 0 Å². The number of nitrogens with one attached hydrogen (secondary N) is 2. The van der Waals surface area contributed by atoms with Crippen LogP contribution in [0.4, 0.5) is 10.1 Å². The maximum absolute atomic E-state index is 13.6. The summed E-state index contributed by atoms with van der Waals surface area (Å²) >= 11 is 0. The molecular formula is C16H15FN2O. The Labute approximate surface area is 116 Å². The SMILES string of the molecule is O=C(Nc1cccc2c1CCNC2)c1ccccc1F. The van der Waals surface area contributed by atoms with Gasteiger partial charge in [0.1, 0.15) is 5.82 Å². The van der Waals surface area contributed by atoms with Gasteiger partial charge >= 0.3 is 0 Å². The first-order valence-corrected chi connectivity index (χ1v) is 6.63. The smallest absolute Gasteiger partial charge is 0.258 e. The number of amides is 1. The Kier molecular flexibility index (Phi) is 3.48. The van der Waals surface area contributed by atoms with Crippen LogP contribution in [0.25, 0.3) is 0 Å². The lowest BCUT2D eigenvalue weighted by molar-refractivity contribution is 0.102. The minimum atomic E-state index is -0.503. The highest BCUT2D eigenvalue weighted by atomic mass is 19.1. The molecule has 0 aliphatic carbocycles. The van der Waals surface area contributed by atoms with E-state index in [9.17, 15) is 9.18 Å². The fourth-order valence-corrected chi connectivity index (χ4v) is 2.48. The molecule has 2 N–H and O–H groups in total. The van der Waals surface area contributed by atoms with Gasteiger partial charge in [0, 0.05) is 12.2 Å². The number of anilines is 1. The van der Waals surface area contributed by atoms with Crippen LogP contribution < -0.4 is 10.6 Å². The number of carbonyl (C=O) groups is 1. The maximum atomic E-state index is 13.6. The molecule has 0 unspecified atom stereocenters. The molecule has 0 aromatic heterocycles. The van der Waals surface area contributed by atoms with Crippen molar-refractivity contribution in [3.8, 4) is 0 Å². The molecule has 2 aromatic carbocycles. The highest BCUT2D eigenvalue weighted by Crippen LogP contribution is 2.23. The van der Waals surface area contributed by atoms with Crippen LogP contribution >= 0.6 is 0 Å². The molecule has 0 atom stereocenters. The van der Waals surface area contributed by atoms with E-state index in [1.807, 2.05) is 18.2 Å². The zero-order valence-corrected chi connectivity index (χ0v) is 10.9. The number of fused-ring (bicyclic) bond motifs is 1. The van der Waals surface area contributed by atoms with Crippen molar-refractivity contribution in [1.82, 2.24) is 5.32 Å². The summed E-state index contributed by atoms with van der Waals surface area (Å²) in [5.41, 5.74) is 3.16. The molecule has 3 nitrogen and oxygen atoms in total. The number of halogens is 1. The van der Waals surface area contributed by atoms with E-state index in [-0.39, 0.29) is 5.56 Å². The first-order chi connectivity index (χ1) is 9.75. The van der Waals surface area contributed by atoms with E-state index in [2.05, 4.69) is 10.6 Å². The van der Waals surface area contributed by atoms with Gasteiger partial charge in [0.05, 0.1) is 5.56 Å². The van der Waals surface area contributed by atoms with Crippen LogP contribution in [0.2, 0.25) is 0 Å². The zero-order chi connectivity index (χ0) is 13.9. The predicted molar refractivity (Wildman–Crippen MR) is 76.2 cm³/mol. The molecule has 3 rings (SSSR count). The summed E-state index contributed by atoms with van der Waals surface area (Å²) in [7, 11) is 0. The van der Waals surface area contributed by atoms with Gasteiger partial charge < -0.3 is 10.6 Å². The van der Waals surface area contributed by atoms with Crippen molar-refractivity contribution in [3.05, 3.63) is 65.0 Å². The van der Waals surface area contributed by atoms with E-state index < -0.39 is 11.7 Å². The van der Waals surface area contributed by atoms with E-state index >= 15 is 0 Å². The van der Waals surface area contributed by atoms with E-state index in [4.69, 9.17) is 0 Å². The molecule has 1 aliphatic rings. The summed E-state index contributed by atoms with van der Waals surface area (Å²) in [4.78, 5) is 12.2. The van der Waals surface area contributed by atoms with Crippen LogP contribution in [0, 0.1) is 5.82 Å². The van der Waals surface area contributed by atoms with Gasteiger partial charge in [-0.05, 0) is 42.3 Å². The molecule has 0 bridgehead atoms. The van der Waals surface area contributed by atoms with Gasteiger partial charge in [0.25, 0.3) is 5.91 Å². The number of carbonyl (C=O) groups excluding carboxylic acids is 1. The van der Waals surface area contributed by atoms with Crippen molar-refractivity contribution in [2.75, 3.05) is 11.9 Å². The molecule has 0 saturated carbocycles. The Balaban J connectivity index is 1.89. The lowest BCUT2D eigenvalue weighted by Gasteiger charge is -2.20. The Hall–Kier alpha value is -2.20. The Morgan fingerprint density at radius 2 is 2.00 bits per heavy atom. The van der Waals surface area contributed by atoms with Gasteiger partial charge in [0.2, 0.25) is 0 Å². The van der Waals surface area contributed by atoms with Crippen LogP contribution in [0.3, 0.4) is 0 Å². The Morgan fingerprint density at radius 3 is 2.85 bits per heavy atom. The molecule has 102 valence electrons. The number of benzene rings is 2. The standard InChI is InChI=1S/C16H15FN2O/c17-14-6-2-1-5-13(14)16(20)19-15-7-3-4-11-10-18-9-8-12(11)15/h1-7,18H,8-10H2,(H,19,20). The van der Waals surface area contributed by atoms with Crippen LogP contribution in [0.15, 0.2) is 42.5 Å². The third-order valence-corrected chi connectivity index (χ3v) is 3.51. The second-order valence-corrected chi connectivity index (χ2v) is 4.80. The first kappa shape index (κ1) is 12.8. The van der Waals surface area contributed by atoms with E-state index in [1.165, 1.54) is 17.7 Å². The van der Waals surface area contributed by atoms with Gasteiger partial charge in [-0.15, -0.1) is 0 Å². The summed E-state index contributed by atoms with van der Waals surface area (Å²) in [6.07, 6.45) is 0.864. The summed E-state index contributed by atoms with van der Waals surface area (Å²) in [5, 5.41) is 6.11. The third-order valence-electron chi connectivity index (χ3n) is 3.51. The predicted octanol–water partition coefficient (Wildman–Crippen LogP) is 2.72. The van der Waals surface area contributed by atoms with Crippen molar-refractivity contribution in [3.63, 3.8) is 0 Å². The molecule has 1 aliphatic heterocycles. The van der Waals surface area contributed by atoms with Crippen LogP contribution in [0.1, 0.15) is 21.5 Å². The lowest BCUT2D eigenvalue weighted by Crippen LogP contribution is -2.25. The van der Waals surface area contributed by atoms with Crippen LogP contribution in [-0.4, -0.2) is 12.5 Å². The minimum absolute atomic E-state index is 0.0686. The average Bonchev–Trinajstić information content (AvgIpc) is 2.48. The van der Waals surface area contributed by atoms with Gasteiger partial charge in [0.15, 0.2) is 0 Å². The topological polar surface area (TPSA) is 41.1 Å². The molecule has 1 heterocycles. The van der Waals surface area contributed by atoms with Gasteiger partial charge in [-0.25, -0.2) is 4.39 Å². The van der Waals surface area contributed by atoms with Gasteiger partial charge in [-0.3, -0.25) is 4.79 Å². The number of hydrogen-bond acceptors (Lipinski definition) is 2. The minimum Gasteiger partial charge on any atom is -0.322 e. The zero-order valence-electron chi connectivity index (χ0n) is 10.9. The second kappa shape index (κ2) is 5.43. The maximum Gasteiger partial charge on any atom is 0.258 e. The Morgan fingerprint density at radius 1 is 1.15 bits per heavy atom. The van der Waals surface area contributed by atoms with E-state index in [0.717, 1.165) is 30.8 Å². The second-order valence-electron chi connectivity index (χ2n) is 4.80. The van der Waals surface area contributed by atoms with Crippen molar-refractivity contribution in [2.45, 2.75) is 13.0 Å². The normalized spacial score (nSPS) is 13.7. The van der Waals surface area contributed by atoms with Gasteiger partial charge in [-0.1, -0.05) is 24.3 Å². The number of hydrogen-bond donors (Lipinski definition) is 2. The van der Waals surface area contributed by atoms with E-state index in [0.29, 0.717) is 0 Å². The molecule has 0 spiro atoms. The van der Waals surface area contributed by atoms with Crippen LogP contribution in [0.5, 0.6) is 0 Å². The lowest BCUT2D eigenvalue weighted by atomic mass is 9.99. The van der Waals surface area contributed by atoms with Crippen molar-refractivity contribution < 1.29 is 9.18 Å². The molecule has 1 amide bonds. The molecule has 0 fully saturated rings. The summed E-state index contributed by atoms with van der Waals surface area (Å²) in [6, 6.07) is 11.8. The van der Waals surface area contributed by atoms with E-state index in [1.54, 1.807) is 12.1 Å².